The van der Waals surface area contributed by atoms with Crippen molar-refractivity contribution < 1.29 is 4.74 Å². The minimum atomic E-state index is -0.292. The Labute approximate surface area is 316 Å². The summed E-state index contributed by atoms with van der Waals surface area (Å²) in [5.41, 5.74) is 8.64. The lowest BCUT2D eigenvalue weighted by molar-refractivity contribution is 0.219. The fourth-order valence-electron chi connectivity index (χ4n) is 8.67. The van der Waals surface area contributed by atoms with Crippen molar-refractivity contribution in [2.24, 2.45) is 0 Å². The molecule has 0 N–H and O–H groups in total. The third kappa shape index (κ3) is 4.87. The molecule has 0 amide bonds. The lowest BCUT2D eigenvalue weighted by Crippen LogP contribution is -2.46. The largest absolute Gasteiger partial charge is 0.482 e. The van der Waals surface area contributed by atoms with Crippen LogP contribution in [0.25, 0.3) is 65.7 Å². The number of anilines is 2. The molecule has 2 atom stereocenters. The van der Waals surface area contributed by atoms with E-state index in [-0.39, 0.29) is 23.3 Å². The molecule has 5 nitrogen and oxygen atoms in total. The number of hydrogen-bond acceptors (Lipinski definition) is 4. The van der Waals surface area contributed by atoms with E-state index in [0.29, 0.717) is 16.3 Å². The van der Waals surface area contributed by atoms with Crippen molar-refractivity contribution in [2.45, 2.75) is 12.1 Å². The van der Waals surface area contributed by atoms with Gasteiger partial charge in [0.1, 0.15) is 11.9 Å². The summed E-state index contributed by atoms with van der Waals surface area (Å²) in [6.45, 7) is 0. The fraction of sp³-hybridized carbons (Fsp3) is 0.0400. The monoisotopic (exact) mass is 708 g/mol. The maximum atomic E-state index is 13.9. The number of ether oxygens (including phenoxy) is 1. The van der Waals surface area contributed by atoms with Crippen molar-refractivity contribution >= 4 is 54.8 Å². The molecular weight excluding hydrogens is 677 g/mol. The number of benzene rings is 7. The van der Waals surface area contributed by atoms with Crippen molar-refractivity contribution in [1.29, 1.82) is 0 Å². The zero-order valence-corrected chi connectivity index (χ0v) is 29.6. The number of rotatable bonds is 4. The Bertz CT molecular complexity index is 3080. The summed E-state index contributed by atoms with van der Waals surface area (Å²) in [6.07, 6.45) is 6.47. The van der Waals surface area contributed by atoms with Gasteiger partial charge in [-0.1, -0.05) is 127 Å². The van der Waals surface area contributed by atoms with Crippen LogP contribution in [0.1, 0.15) is 5.56 Å². The molecule has 0 bridgehead atoms. The van der Waals surface area contributed by atoms with E-state index in [2.05, 4.69) is 126 Å². The first-order valence-electron chi connectivity index (χ1n) is 18.6. The first-order valence-corrected chi connectivity index (χ1v) is 18.6. The van der Waals surface area contributed by atoms with Gasteiger partial charge in [0.2, 0.25) is 0 Å². The molecule has 1 aliphatic heterocycles. The minimum absolute atomic E-state index is 0.0909. The van der Waals surface area contributed by atoms with Gasteiger partial charge in [0, 0.05) is 27.2 Å². The average Bonchev–Trinajstić information content (AvgIpc) is 3.25. The highest BCUT2D eigenvalue weighted by molar-refractivity contribution is 6.19. The van der Waals surface area contributed by atoms with Gasteiger partial charge in [0.25, 0.3) is 11.1 Å². The first kappa shape index (κ1) is 31.3. The van der Waals surface area contributed by atoms with Crippen LogP contribution in [0.2, 0.25) is 0 Å². The molecule has 7 aromatic carbocycles. The number of aromatic nitrogens is 1. The van der Waals surface area contributed by atoms with Crippen molar-refractivity contribution in [2.75, 3.05) is 4.90 Å². The maximum Gasteiger partial charge on any atom is 0.266 e. The molecule has 5 heteroatoms. The summed E-state index contributed by atoms with van der Waals surface area (Å²) >= 11 is 0. The molecule has 0 saturated heterocycles. The molecule has 260 valence electrons. The molecule has 2 aromatic heterocycles. The third-order valence-corrected chi connectivity index (χ3v) is 11.2. The topological polar surface area (TPSA) is 51.0 Å². The Balaban J connectivity index is 1.11. The van der Waals surface area contributed by atoms with Gasteiger partial charge in [-0.15, -0.1) is 0 Å². The number of hydrogen-bond donors (Lipinski definition) is 0. The molecule has 2 aliphatic rings. The SMILES string of the molecule is O=c1c2ccccc2c2cc(-c3cccc(N4c5ccc(-c6ccccc6)cc5OC5C=C(c6ccccc6)C=CC54)c3)cc3c4ccccc4c(=O)n1c23. The van der Waals surface area contributed by atoms with E-state index in [1.807, 2.05) is 60.7 Å². The molecule has 9 aromatic rings. The van der Waals surface area contributed by atoms with Crippen molar-refractivity contribution in [3.05, 3.63) is 208 Å². The summed E-state index contributed by atoms with van der Waals surface area (Å²) < 4.78 is 8.25. The van der Waals surface area contributed by atoms with Gasteiger partial charge in [-0.05, 0) is 98.8 Å². The summed E-state index contributed by atoms with van der Waals surface area (Å²) in [5.74, 6) is 0.827. The summed E-state index contributed by atoms with van der Waals surface area (Å²) in [4.78, 5) is 30.2. The Morgan fingerprint density at radius 2 is 1.05 bits per heavy atom. The Hall–Kier alpha value is -7.24. The van der Waals surface area contributed by atoms with Crippen LogP contribution in [0.3, 0.4) is 0 Å². The number of allylic oxidation sites excluding steroid dienone is 2. The Morgan fingerprint density at radius 3 is 1.73 bits per heavy atom. The van der Waals surface area contributed by atoms with Crippen molar-refractivity contribution in [3.63, 3.8) is 0 Å². The highest BCUT2D eigenvalue weighted by Crippen LogP contribution is 2.46. The zero-order valence-electron chi connectivity index (χ0n) is 29.6. The van der Waals surface area contributed by atoms with E-state index in [0.717, 1.165) is 72.1 Å². The van der Waals surface area contributed by atoms with Crippen LogP contribution >= 0.6 is 0 Å². The van der Waals surface area contributed by atoms with E-state index in [1.165, 1.54) is 4.40 Å². The Kier molecular flexibility index (Phi) is 6.92. The summed E-state index contributed by atoms with van der Waals surface area (Å²) in [5, 5.41) is 4.45. The van der Waals surface area contributed by atoms with Crippen LogP contribution in [0.15, 0.2) is 192 Å². The van der Waals surface area contributed by atoms with Gasteiger partial charge in [-0.3, -0.25) is 9.59 Å². The van der Waals surface area contributed by atoms with Gasteiger partial charge in [-0.2, -0.15) is 0 Å². The standard InChI is InChI=1S/C50H32N2O3/c53-49-40-20-9-7-18-38(40)42-27-36(28-43-39-19-8-10-21-41(39)50(54)52(49)48(42)43)33-16-11-17-37(26-33)51-44-24-22-34(31-12-3-1-4-13-31)29-46(44)55-47-30-35(23-25-45(47)51)32-14-5-2-6-15-32/h1-30,44,46H. The summed E-state index contributed by atoms with van der Waals surface area (Å²) in [7, 11) is 0. The zero-order chi connectivity index (χ0) is 36.6. The number of nitrogens with zero attached hydrogens (tertiary/aromatic N) is 2. The van der Waals surface area contributed by atoms with Gasteiger partial charge >= 0.3 is 0 Å². The second-order valence-corrected chi connectivity index (χ2v) is 14.3. The normalized spacial score (nSPS) is 16.3. The fourth-order valence-corrected chi connectivity index (χ4v) is 8.67. The Morgan fingerprint density at radius 1 is 0.473 bits per heavy atom. The maximum absolute atomic E-state index is 13.9. The van der Waals surface area contributed by atoms with Gasteiger partial charge < -0.3 is 9.64 Å². The van der Waals surface area contributed by atoms with Crippen molar-refractivity contribution in [1.82, 2.24) is 4.40 Å². The smallest absolute Gasteiger partial charge is 0.266 e. The van der Waals surface area contributed by atoms with E-state index in [9.17, 15) is 9.59 Å². The molecule has 0 fully saturated rings. The van der Waals surface area contributed by atoms with E-state index in [4.69, 9.17) is 4.74 Å². The third-order valence-electron chi connectivity index (χ3n) is 11.2. The molecular formula is C50H32N2O3. The molecule has 1 aliphatic carbocycles. The van der Waals surface area contributed by atoms with Crippen LogP contribution in [-0.2, 0) is 0 Å². The molecule has 11 rings (SSSR count). The predicted octanol–water partition coefficient (Wildman–Crippen LogP) is 10.8. The van der Waals surface area contributed by atoms with Crippen LogP contribution in [0, 0.1) is 0 Å². The highest BCUT2D eigenvalue weighted by Gasteiger charge is 2.36. The van der Waals surface area contributed by atoms with Crippen molar-refractivity contribution in [3.8, 4) is 28.0 Å². The molecule has 0 radical (unpaired) electrons. The van der Waals surface area contributed by atoms with Crippen LogP contribution in [-0.4, -0.2) is 16.5 Å². The lowest BCUT2D eigenvalue weighted by Gasteiger charge is -2.43. The first-order chi connectivity index (χ1) is 27.1. The van der Waals surface area contributed by atoms with E-state index in [1.54, 1.807) is 0 Å². The minimum Gasteiger partial charge on any atom is -0.482 e. The molecule has 0 spiro atoms. The lowest BCUT2D eigenvalue weighted by atomic mass is 9.91. The quantitative estimate of drug-likeness (QED) is 0.135. The number of fused-ring (bicyclic) bond motifs is 6. The highest BCUT2D eigenvalue weighted by atomic mass is 16.5. The van der Waals surface area contributed by atoms with Gasteiger partial charge in [0.15, 0.2) is 0 Å². The van der Waals surface area contributed by atoms with Crippen LogP contribution in [0.5, 0.6) is 5.75 Å². The molecule has 0 saturated carbocycles. The van der Waals surface area contributed by atoms with E-state index < -0.39 is 0 Å². The van der Waals surface area contributed by atoms with E-state index >= 15 is 0 Å². The second-order valence-electron chi connectivity index (χ2n) is 14.3. The molecule has 55 heavy (non-hydrogen) atoms. The average molecular weight is 709 g/mol. The predicted molar refractivity (Wildman–Crippen MR) is 225 cm³/mol. The van der Waals surface area contributed by atoms with Crippen LogP contribution < -0.4 is 20.8 Å². The summed E-state index contributed by atoms with van der Waals surface area (Å²) in [6, 6.07) is 55.4. The van der Waals surface area contributed by atoms with Gasteiger partial charge in [-0.25, -0.2) is 4.40 Å². The molecule has 2 unspecified atom stereocenters. The number of pyridine rings is 2. The second kappa shape index (κ2) is 12.2. The molecule has 3 heterocycles. The van der Waals surface area contributed by atoms with Gasteiger partial charge in [0.05, 0.1) is 17.2 Å². The van der Waals surface area contributed by atoms with Crippen LogP contribution in [0.4, 0.5) is 11.4 Å².